The molecule has 24 heavy (non-hydrogen) atoms. The maximum Gasteiger partial charge on any atom is 0.336 e. The summed E-state index contributed by atoms with van der Waals surface area (Å²) >= 11 is 3.37. The number of ether oxygens (including phenoxy) is 1. The average molecular weight is 386 g/mol. The van der Waals surface area contributed by atoms with E-state index in [0.29, 0.717) is 23.2 Å². The van der Waals surface area contributed by atoms with E-state index < -0.39 is 5.97 Å². The Labute approximate surface area is 148 Å². The number of fused-ring (bicyclic) bond motifs is 1. The fraction of sp³-hybridized carbons (Fsp3) is 0.158. The predicted octanol–water partition coefficient (Wildman–Crippen LogP) is 5.15. The largest absolute Gasteiger partial charge is 0.494 e. The molecule has 3 aromatic rings. The lowest BCUT2D eigenvalue weighted by molar-refractivity contribution is 0.0699. The van der Waals surface area contributed by atoms with Gasteiger partial charge in [0.05, 0.1) is 23.4 Å². The summed E-state index contributed by atoms with van der Waals surface area (Å²) in [6, 6.07) is 14.6. The first-order valence-electron chi connectivity index (χ1n) is 7.65. The third-order valence-corrected chi connectivity index (χ3v) is 4.12. The second kappa shape index (κ2) is 7.01. The molecule has 0 fully saturated rings. The SMILES string of the molecule is CCCOc1ccc(-c2cc(C(=O)O)c3cc(Br)ccc3n2)cc1. The van der Waals surface area contributed by atoms with Gasteiger partial charge in [-0.25, -0.2) is 9.78 Å². The first-order valence-corrected chi connectivity index (χ1v) is 8.44. The summed E-state index contributed by atoms with van der Waals surface area (Å²) < 4.78 is 6.40. The Morgan fingerprint density at radius 2 is 1.92 bits per heavy atom. The smallest absolute Gasteiger partial charge is 0.336 e. The van der Waals surface area contributed by atoms with Crippen molar-refractivity contribution in [3.05, 3.63) is 58.6 Å². The van der Waals surface area contributed by atoms with Crippen molar-refractivity contribution in [3.63, 3.8) is 0 Å². The van der Waals surface area contributed by atoms with Crippen LogP contribution in [0.2, 0.25) is 0 Å². The molecule has 0 atom stereocenters. The number of aromatic carboxylic acids is 1. The van der Waals surface area contributed by atoms with E-state index in [-0.39, 0.29) is 5.56 Å². The van der Waals surface area contributed by atoms with Crippen molar-refractivity contribution in [1.82, 2.24) is 4.98 Å². The Kier molecular flexibility index (Phi) is 4.81. The molecule has 0 aliphatic rings. The lowest BCUT2D eigenvalue weighted by Gasteiger charge is -2.09. The van der Waals surface area contributed by atoms with E-state index in [1.807, 2.05) is 36.4 Å². The van der Waals surface area contributed by atoms with Crippen molar-refractivity contribution in [2.24, 2.45) is 0 Å². The number of rotatable bonds is 5. The molecule has 2 aromatic carbocycles. The molecule has 3 rings (SSSR count). The second-order valence-corrected chi connectivity index (χ2v) is 6.31. The maximum atomic E-state index is 11.6. The molecule has 0 spiro atoms. The van der Waals surface area contributed by atoms with Crippen LogP contribution in [0.5, 0.6) is 5.75 Å². The minimum atomic E-state index is -0.968. The van der Waals surface area contributed by atoms with E-state index in [4.69, 9.17) is 4.74 Å². The van der Waals surface area contributed by atoms with Crippen LogP contribution in [0.15, 0.2) is 53.0 Å². The van der Waals surface area contributed by atoms with Gasteiger partial charge in [0.1, 0.15) is 5.75 Å². The second-order valence-electron chi connectivity index (χ2n) is 5.39. The Morgan fingerprint density at radius 3 is 2.58 bits per heavy atom. The first kappa shape index (κ1) is 16.5. The lowest BCUT2D eigenvalue weighted by Crippen LogP contribution is -2.00. The number of halogens is 1. The van der Waals surface area contributed by atoms with Crippen LogP contribution < -0.4 is 4.74 Å². The van der Waals surface area contributed by atoms with Crippen molar-refractivity contribution in [3.8, 4) is 17.0 Å². The van der Waals surface area contributed by atoms with Crippen molar-refractivity contribution < 1.29 is 14.6 Å². The number of carboxylic acid groups (broad SMARTS) is 1. The summed E-state index contributed by atoms with van der Waals surface area (Å²) in [5.74, 6) is -0.173. The van der Waals surface area contributed by atoms with Crippen LogP contribution in [0.3, 0.4) is 0 Å². The third kappa shape index (κ3) is 3.41. The predicted molar refractivity (Wildman–Crippen MR) is 97.6 cm³/mol. The highest BCUT2D eigenvalue weighted by atomic mass is 79.9. The summed E-state index contributed by atoms with van der Waals surface area (Å²) in [6.45, 7) is 2.73. The van der Waals surface area contributed by atoms with Gasteiger partial charge in [-0.1, -0.05) is 22.9 Å². The Hall–Kier alpha value is -2.40. The van der Waals surface area contributed by atoms with Crippen LogP contribution in [0.25, 0.3) is 22.2 Å². The molecule has 0 aliphatic carbocycles. The number of hydrogen-bond donors (Lipinski definition) is 1. The molecule has 4 nitrogen and oxygen atoms in total. The lowest BCUT2D eigenvalue weighted by atomic mass is 10.0. The molecule has 5 heteroatoms. The van der Waals surface area contributed by atoms with Gasteiger partial charge in [-0.05, 0) is 55.0 Å². The summed E-state index contributed by atoms with van der Waals surface area (Å²) in [4.78, 5) is 16.2. The number of carboxylic acids is 1. The Balaban J connectivity index is 2.06. The molecule has 1 aromatic heterocycles. The molecule has 0 radical (unpaired) electrons. The average Bonchev–Trinajstić information content (AvgIpc) is 2.59. The van der Waals surface area contributed by atoms with Gasteiger partial charge >= 0.3 is 5.97 Å². The number of nitrogens with zero attached hydrogens (tertiary/aromatic N) is 1. The number of pyridine rings is 1. The highest BCUT2D eigenvalue weighted by Crippen LogP contribution is 2.28. The zero-order valence-corrected chi connectivity index (χ0v) is 14.7. The normalized spacial score (nSPS) is 10.8. The fourth-order valence-corrected chi connectivity index (χ4v) is 2.83. The molecule has 1 N–H and O–H groups in total. The van der Waals surface area contributed by atoms with E-state index in [9.17, 15) is 9.90 Å². The van der Waals surface area contributed by atoms with Crippen molar-refractivity contribution in [2.45, 2.75) is 13.3 Å². The van der Waals surface area contributed by atoms with Crippen molar-refractivity contribution >= 4 is 32.8 Å². The van der Waals surface area contributed by atoms with Gasteiger partial charge in [-0.15, -0.1) is 0 Å². The van der Waals surface area contributed by atoms with E-state index in [2.05, 4.69) is 27.8 Å². The van der Waals surface area contributed by atoms with Crippen LogP contribution in [0.1, 0.15) is 23.7 Å². The van der Waals surface area contributed by atoms with Crippen LogP contribution in [0.4, 0.5) is 0 Å². The fourth-order valence-electron chi connectivity index (χ4n) is 2.46. The molecular weight excluding hydrogens is 370 g/mol. The third-order valence-electron chi connectivity index (χ3n) is 3.62. The number of benzene rings is 2. The molecule has 0 saturated carbocycles. The van der Waals surface area contributed by atoms with E-state index >= 15 is 0 Å². The minimum absolute atomic E-state index is 0.239. The van der Waals surface area contributed by atoms with Gasteiger partial charge in [0.15, 0.2) is 0 Å². The molecule has 0 unspecified atom stereocenters. The standard InChI is InChI=1S/C19H16BrNO3/c1-2-9-24-14-6-3-12(4-7-14)18-11-16(19(22)23)15-10-13(20)5-8-17(15)21-18/h3-8,10-11H,2,9H2,1H3,(H,22,23). The van der Waals surface area contributed by atoms with Gasteiger partial charge in [-0.3, -0.25) is 0 Å². The van der Waals surface area contributed by atoms with E-state index in [1.54, 1.807) is 12.1 Å². The quantitative estimate of drug-likeness (QED) is 0.659. The first-order chi connectivity index (χ1) is 11.6. The minimum Gasteiger partial charge on any atom is -0.494 e. The maximum absolute atomic E-state index is 11.6. The van der Waals surface area contributed by atoms with Gasteiger partial charge in [0.2, 0.25) is 0 Å². The highest BCUT2D eigenvalue weighted by Gasteiger charge is 2.13. The molecule has 0 aliphatic heterocycles. The number of aromatic nitrogens is 1. The van der Waals surface area contributed by atoms with E-state index in [0.717, 1.165) is 22.2 Å². The number of hydrogen-bond acceptors (Lipinski definition) is 3. The van der Waals surface area contributed by atoms with Crippen LogP contribution in [-0.4, -0.2) is 22.7 Å². The van der Waals surface area contributed by atoms with Gasteiger partial charge in [0, 0.05) is 15.4 Å². The Morgan fingerprint density at radius 1 is 1.17 bits per heavy atom. The molecule has 1 heterocycles. The summed E-state index contributed by atoms with van der Waals surface area (Å²) in [5.41, 5.74) is 2.37. The number of carbonyl (C=O) groups is 1. The summed E-state index contributed by atoms with van der Waals surface area (Å²) in [6.07, 6.45) is 0.950. The molecule has 0 saturated heterocycles. The van der Waals surface area contributed by atoms with Crippen LogP contribution >= 0.6 is 15.9 Å². The highest BCUT2D eigenvalue weighted by molar-refractivity contribution is 9.10. The van der Waals surface area contributed by atoms with Crippen molar-refractivity contribution in [1.29, 1.82) is 0 Å². The monoisotopic (exact) mass is 385 g/mol. The van der Waals surface area contributed by atoms with Gasteiger partial charge in [-0.2, -0.15) is 0 Å². The topological polar surface area (TPSA) is 59.4 Å². The van der Waals surface area contributed by atoms with Crippen molar-refractivity contribution in [2.75, 3.05) is 6.61 Å². The zero-order chi connectivity index (χ0) is 17.1. The summed E-state index contributed by atoms with van der Waals surface area (Å²) in [5, 5.41) is 10.1. The molecule has 0 amide bonds. The zero-order valence-electron chi connectivity index (χ0n) is 13.1. The molecular formula is C19H16BrNO3. The van der Waals surface area contributed by atoms with Gasteiger partial charge < -0.3 is 9.84 Å². The molecule has 122 valence electrons. The van der Waals surface area contributed by atoms with E-state index in [1.165, 1.54) is 0 Å². The summed E-state index contributed by atoms with van der Waals surface area (Å²) in [7, 11) is 0. The molecule has 0 bridgehead atoms. The van der Waals surface area contributed by atoms with Gasteiger partial charge in [0.25, 0.3) is 0 Å². The van der Waals surface area contributed by atoms with Crippen LogP contribution in [0, 0.1) is 0 Å². The van der Waals surface area contributed by atoms with Crippen LogP contribution in [-0.2, 0) is 0 Å². The Bertz CT molecular complexity index is 891.